The Kier molecular flexibility index (Phi) is 3.70. The molecular weight excluding hydrogens is 284 g/mol. The molecular formula is C12H16N2O5S. The van der Waals surface area contributed by atoms with E-state index in [1.165, 1.54) is 18.2 Å². The summed E-state index contributed by atoms with van der Waals surface area (Å²) < 4.78 is 28.6. The van der Waals surface area contributed by atoms with E-state index in [2.05, 4.69) is 5.32 Å². The molecule has 0 bridgehead atoms. The average Bonchev–Trinajstić information content (AvgIpc) is 2.74. The van der Waals surface area contributed by atoms with Crippen molar-refractivity contribution in [2.45, 2.75) is 23.8 Å². The van der Waals surface area contributed by atoms with Crippen molar-refractivity contribution in [1.29, 1.82) is 0 Å². The van der Waals surface area contributed by atoms with E-state index in [1.807, 2.05) is 6.92 Å². The van der Waals surface area contributed by atoms with Gasteiger partial charge < -0.3 is 10.1 Å². The van der Waals surface area contributed by atoms with E-state index in [0.717, 1.165) is 6.26 Å². The maximum atomic E-state index is 11.7. The molecule has 1 unspecified atom stereocenters. The number of sulfone groups is 1. The molecule has 1 N–H and O–H groups in total. The van der Waals surface area contributed by atoms with Crippen LogP contribution in [0.15, 0.2) is 23.1 Å². The summed E-state index contributed by atoms with van der Waals surface area (Å²) in [4.78, 5) is 10.3. The summed E-state index contributed by atoms with van der Waals surface area (Å²) >= 11 is 0. The topological polar surface area (TPSA) is 98.5 Å². The van der Waals surface area contributed by atoms with Crippen LogP contribution in [-0.2, 0) is 14.6 Å². The SMILES string of the molecule is CC1(Nc2cccc(S(C)(=O)=O)c2[N+](=O)[O-])CCOC1. The predicted molar refractivity (Wildman–Crippen MR) is 73.7 cm³/mol. The van der Waals surface area contributed by atoms with E-state index in [1.54, 1.807) is 0 Å². The van der Waals surface area contributed by atoms with Gasteiger partial charge in [0.2, 0.25) is 0 Å². The molecule has 0 aliphatic carbocycles. The van der Waals surface area contributed by atoms with Gasteiger partial charge in [0.15, 0.2) is 9.84 Å². The second-order valence-corrected chi connectivity index (χ2v) is 7.15. The van der Waals surface area contributed by atoms with Gasteiger partial charge >= 0.3 is 5.69 Å². The van der Waals surface area contributed by atoms with Crippen molar-refractivity contribution < 1.29 is 18.1 Å². The zero-order valence-electron chi connectivity index (χ0n) is 11.3. The molecule has 1 fully saturated rings. The van der Waals surface area contributed by atoms with Crippen LogP contribution in [0.5, 0.6) is 0 Å². The van der Waals surface area contributed by atoms with Gasteiger partial charge in [-0.05, 0) is 25.5 Å². The molecule has 110 valence electrons. The van der Waals surface area contributed by atoms with Crippen LogP contribution in [0.2, 0.25) is 0 Å². The zero-order valence-corrected chi connectivity index (χ0v) is 12.1. The van der Waals surface area contributed by atoms with Crippen LogP contribution in [-0.4, -0.2) is 38.3 Å². The Bertz CT molecular complexity index is 635. The highest BCUT2D eigenvalue weighted by Gasteiger charge is 2.33. The second kappa shape index (κ2) is 5.02. The number of rotatable bonds is 4. The van der Waals surface area contributed by atoms with Crippen molar-refractivity contribution in [3.8, 4) is 0 Å². The van der Waals surface area contributed by atoms with E-state index < -0.39 is 26.0 Å². The van der Waals surface area contributed by atoms with Crippen LogP contribution >= 0.6 is 0 Å². The molecule has 1 aromatic rings. The molecule has 1 aliphatic heterocycles. The van der Waals surface area contributed by atoms with Gasteiger partial charge in [0, 0.05) is 12.9 Å². The third-order valence-electron chi connectivity index (χ3n) is 3.24. The summed E-state index contributed by atoms with van der Waals surface area (Å²) in [6.45, 7) is 2.88. The van der Waals surface area contributed by atoms with E-state index >= 15 is 0 Å². The number of nitro benzene ring substituents is 1. The zero-order chi connectivity index (χ0) is 15.0. The fourth-order valence-corrected chi connectivity index (χ4v) is 3.06. The minimum atomic E-state index is -3.67. The van der Waals surface area contributed by atoms with Crippen molar-refractivity contribution in [1.82, 2.24) is 0 Å². The van der Waals surface area contributed by atoms with Crippen LogP contribution in [0.25, 0.3) is 0 Å². The first-order valence-corrected chi connectivity index (χ1v) is 7.95. The van der Waals surface area contributed by atoms with Gasteiger partial charge in [0.25, 0.3) is 0 Å². The van der Waals surface area contributed by atoms with Crippen LogP contribution in [0.1, 0.15) is 13.3 Å². The van der Waals surface area contributed by atoms with Gasteiger partial charge in [-0.15, -0.1) is 0 Å². The number of nitrogens with one attached hydrogen (secondary N) is 1. The molecule has 1 atom stereocenters. The van der Waals surface area contributed by atoms with Gasteiger partial charge in [0.05, 0.1) is 17.1 Å². The normalized spacial score (nSPS) is 22.7. The minimum Gasteiger partial charge on any atom is -0.379 e. The highest BCUT2D eigenvalue weighted by Crippen LogP contribution is 2.35. The van der Waals surface area contributed by atoms with Gasteiger partial charge in [0.1, 0.15) is 10.6 Å². The van der Waals surface area contributed by atoms with Crippen LogP contribution < -0.4 is 5.32 Å². The van der Waals surface area contributed by atoms with Crippen molar-refractivity contribution >= 4 is 21.2 Å². The molecule has 2 rings (SSSR count). The molecule has 0 spiro atoms. The first-order valence-electron chi connectivity index (χ1n) is 6.06. The summed E-state index contributed by atoms with van der Waals surface area (Å²) in [6, 6.07) is 4.24. The number of hydrogen-bond donors (Lipinski definition) is 1. The molecule has 1 saturated heterocycles. The molecule has 1 aromatic carbocycles. The fraction of sp³-hybridized carbons (Fsp3) is 0.500. The van der Waals surface area contributed by atoms with Crippen molar-refractivity contribution in [2.75, 3.05) is 24.8 Å². The quantitative estimate of drug-likeness (QED) is 0.669. The van der Waals surface area contributed by atoms with Gasteiger partial charge in [-0.2, -0.15) is 0 Å². The summed E-state index contributed by atoms with van der Waals surface area (Å²) in [5, 5.41) is 14.3. The number of anilines is 1. The van der Waals surface area contributed by atoms with Gasteiger partial charge in [-0.1, -0.05) is 6.07 Å². The molecule has 0 saturated carbocycles. The van der Waals surface area contributed by atoms with E-state index in [0.29, 0.717) is 19.6 Å². The predicted octanol–water partition coefficient (Wildman–Crippen LogP) is 1.59. The number of ether oxygens (including phenoxy) is 1. The number of nitrogens with zero attached hydrogens (tertiary/aromatic N) is 1. The third-order valence-corrected chi connectivity index (χ3v) is 4.36. The monoisotopic (exact) mass is 300 g/mol. The maximum Gasteiger partial charge on any atom is 0.310 e. The Labute approximate surface area is 117 Å². The van der Waals surface area contributed by atoms with E-state index in [9.17, 15) is 18.5 Å². The Hall–Kier alpha value is -1.67. The molecule has 7 nitrogen and oxygen atoms in total. The number of benzene rings is 1. The van der Waals surface area contributed by atoms with E-state index in [4.69, 9.17) is 4.74 Å². The highest BCUT2D eigenvalue weighted by atomic mass is 32.2. The first kappa shape index (κ1) is 14.7. The van der Waals surface area contributed by atoms with Crippen LogP contribution in [0.4, 0.5) is 11.4 Å². The Morgan fingerprint density at radius 3 is 2.65 bits per heavy atom. The lowest BCUT2D eigenvalue weighted by Gasteiger charge is -2.25. The van der Waals surface area contributed by atoms with Gasteiger partial charge in [-0.3, -0.25) is 10.1 Å². The highest BCUT2D eigenvalue weighted by molar-refractivity contribution is 7.90. The number of para-hydroxylation sites is 1. The Morgan fingerprint density at radius 2 is 2.15 bits per heavy atom. The molecule has 8 heteroatoms. The standard InChI is InChI=1S/C12H16N2O5S/c1-12(6-7-19-8-12)13-9-4-3-5-10(20(2,17)18)11(9)14(15)16/h3-5,13H,6-8H2,1-2H3. The summed E-state index contributed by atoms with van der Waals surface area (Å²) in [5.41, 5.74) is -0.644. The summed E-state index contributed by atoms with van der Waals surface area (Å²) in [7, 11) is -3.67. The largest absolute Gasteiger partial charge is 0.379 e. The molecule has 1 aliphatic rings. The van der Waals surface area contributed by atoms with Crippen molar-refractivity contribution in [2.24, 2.45) is 0 Å². The second-order valence-electron chi connectivity index (χ2n) is 5.17. The summed E-state index contributed by atoms with van der Waals surface area (Å²) in [5.74, 6) is 0. The average molecular weight is 300 g/mol. The maximum absolute atomic E-state index is 11.7. The first-order chi connectivity index (χ1) is 9.23. The lowest BCUT2D eigenvalue weighted by atomic mass is 10.0. The molecule has 0 amide bonds. The van der Waals surface area contributed by atoms with Gasteiger partial charge in [-0.25, -0.2) is 8.42 Å². The molecule has 0 radical (unpaired) electrons. The van der Waals surface area contributed by atoms with Crippen LogP contribution in [0, 0.1) is 10.1 Å². The fourth-order valence-electron chi connectivity index (χ4n) is 2.20. The number of nitro groups is 1. The smallest absolute Gasteiger partial charge is 0.310 e. The Morgan fingerprint density at radius 1 is 1.45 bits per heavy atom. The summed E-state index contributed by atoms with van der Waals surface area (Å²) in [6.07, 6.45) is 1.66. The minimum absolute atomic E-state index is 0.200. The lowest BCUT2D eigenvalue weighted by molar-refractivity contribution is -0.386. The van der Waals surface area contributed by atoms with Crippen molar-refractivity contribution in [3.05, 3.63) is 28.3 Å². The Balaban J connectivity index is 2.51. The molecule has 20 heavy (non-hydrogen) atoms. The van der Waals surface area contributed by atoms with Crippen LogP contribution in [0.3, 0.4) is 0 Å². The van der Waals surface area contributed by atoms with Crippen molar-refractivity contribution in [3.63, 3.8) is 0 Å². The third kappa shape index (κ3) is 2.91. The molecule has 0 aromatic heterocycles. The molecule has 1 heterocycles. The van der Waals surface area contributed by atoms with E-state index in [-0.39, 0.29) is 10.6 Å². The lowest BCUT2D eigenvalue weighted by Crippen LogP contribution is -2.35. The number of hydrogen-bond acceptors (Lipinski definition) is 6.